The maximum Gasteiger partial charge on any atom is 0.374 e. The Labute approximate surface area is 144 Å². The lowest BCUT2D eigenvalue weighted by atomic mass is 10.3. The maximum atomic E-state index is 12.1. The summed E-state index contributed by atoms with van der Waals surface area (Å²) in [6.07, 6.45) is -2.49. The monoisotopic (exact) mass is 424 g/mol. The molecule has 3 unspecified atom stereocenters. The molecule has 1 saturated heterocycles. The van der Waals surface area contributed by atoms with Gasteiger partial charge in [-0.1, -0.05) is 0 Å². The van der Waals surface area contributed by atoms with Gasteiger partial charge in [0.1, 0.15) is 13.2 Å². The molecule has 1 aliphatic rings. The summed E-state index contributed by atoms with van der Waals surface area (Å²) in [5, 5.41) is 27.3. The molecule has 15 nitrogen and oxygen atoms in total. The summed E-state index contributed by atoms with van der Waals surface area (Å²) in [5.41, 5.74) is 0. The fourth-order valence-corrected chi connectivity index (χ4v) is 2.80. The van der Waals surface area contributed by atoms with Crippen LogP contribution in [0.15, 0.2) is 0 Å². The van der Waals surface area contributed by atoms with Gasteiger partial charge in [-0.05, 0) is 0 Å². The number of rotatable bonds is 5. The van der Waals surface area contributed by atoms with Gasteiger partial charge in [0, 0.05) is 0 Å². The summed E-state index contributed by atoms with van der Waals surface area (Å²) >= 11 is 0. The Balaban J connectivity index is 3.82. The van der Waals surface area contributed by atoms with Crippen LogP contribution in [0.5, 0.6) is 0 Å². The van der Waals surface area contributed by atoms with Gasteiger partial charge in [0.2, 0.25) is 6.10 Å². The molecule has 0 aromatic heterocycles. The summed E-state index contributed by atoms with van der Waals surface area (Å²) in [4.78, 5) is 27.8. The molecule has 0 spiro atoms. The first-order valence-corrected chi connectivity index (χ1v) is 9.04. The van der Waals surface area contributed by atoms with Gasteiger partial charge in [0.15, 0.2) is 0 Å². The second kappa shape index (κ2) is 7.02. The Morgan fingerprint density at radius 2 is 1.23 bits per heavy atom. The minimum absolute atomic E-state index is 1.46. The molecule has 0 aromatic rings. The molecule has 1 heterocycles. The van der Waals surface area contributed by atoms with E-state index in [1.54, 1.807) is 0 Å². The Morgan fingerprint density at radius 3 is 1.58 bits per heavy atom. The van der Waals surface area contributed by atoms with Crippen LogP contribution in [0.25, 0.3) is 0 Å². The Kier molecular flexibility index (Phi) is 5.98. The van der Waals surface area contributed by atoms with Crippen molar-refractivity contribution in [2.24, 2.45) is 0 Å². The van der Waals surface area contributed by atoms with Crippen molar-refractivity contribution in [1.29, 1.82) is 0 Å². The zero-order valence-corrected chi connectivity index (χ0v) is 14.0. The normalized spacial score (nSPS) is 31.1. The molecule has 150 valence electrons. The van der Waals surface area contributed by atoms with Crippen molar-refractivity contribution >= 4 is 38.1 Å². The average Bonchev–Trinajstić information content (AvgIpc) is 2.54. The van der Waals surface area contributed by atoms with Crippen molar-refractivity contribution in [2.45, 2.75) is 16.0 Å². The van der Waals surface area contributed by atoms with E-state index in [1.807, 2.05) is 0 Å². The molecular formula is C9H12O15S2. The van der Waals surface area contributed by atoms with Crippen LogP contribution in [0.3, 0.4) is 0 Å². The first-order chi connectivity index (χ1) is 11.7. The summed E-state index contributed by atoms with van der Waals surface area (Å²) in [6.45, 7) is -5.55. The summed E-state index contributed by atoms with van der Waals surface area (Å²) in [7, 11) is -11.8. The number of ether oxygens (including phenoxy) is 3. The van der Waals surface area contributed by atoms with Gasteiger partial charge in [-0.2, -0.15) is 16.8 Å². The van der Waals surface area contributed by atoms with Crippen LogP contribution in [-0.4, -0.2) is 95.0 Å². The number of hydrogen-bond donors (Lipinski definition) is 5. The molecule has 26 heavy (non-hydrogen) atoms. The number of hydrogen-bond acceptors (Lipinski definition) is 13. The molecule has 0 radical (unpaired) electrons. The number of aliphatic hydroxyl groups is 3. The minimum Gasteiger partial charge on any atom is -0.444 e. The van der Waals surface area contributed by atoms with Crippen LogP contribution < -0.4 is 0 Å². The van der Waals surface area contributed by atoms with Gasteiger partial charge in [0.05, 0.1) is 6.61 Å². The smallest absolute Gasteiger partial charge is 0.374 e. The van der Waals surface area contributed by atoms with Crippen molar-refractivity contribution in [3.05, 3.63) is 0 Å². The van der Waals surface area contributed by atoms with Crippen molar-refractivity contribution < 1.29 is 69.9 Å². The van der Waals surface area contributed by atoms with Gasteiger partial charge in [-0.25, -0.2) is 14.4 Å². The number of carbonyl (C=O) groups is 3. The molecule has 0 aromatic carbocycles. The fraction of sp³-hybridized carbons (Fsp3) is 0.667. The van der Waals surface area contributed by atoms with Crippen molar-refractivity contribution in [2.75, 3.05) is 19.8 Å². The highest BCUT2D eigenvalue weighted by molar-refractivity contribution is 7.88. The zero-order valence-electron chi connectivity index (χ0n) is 12.3. The molecule has 0 amide bonds. The van der Waals surface area contributed by atoms with Crippen LogP contribution in [0, 0.1) is 0 Å². The van der Waals surface area contributed by atoms with E-state index in [2.05, 4.69) is 14.2 Å². The van der Waals surface area contributed by atoms with E-state index in [4.69, 9.17) is 24.4 Å². The minimum atomic E-state index is -5.90. The third-order valence-corrected chi connectivity index (χ3v) is 5.50. The van der Waals surface area contributed by atoms with E-state index < -0.39 is 73.9 Å². The second-order valence-electron chi connectivity index (χ2n) is 4.66. The van der Waals surface area contributed by atoms with Gasteiger partial charge in [-0.3, -0.25) is 9.11 Å². The molecule has 17 heteroatoms. The van der Waals surface area contributed by atoms with Crippen LogP contribution in [0.2, 0.25) is 0 Å². The maximum absolute atomic E-state index is 12.1. The van der Waals surface area contributed by atoms with E-state index in [9.17, 15) is 31.2 Å². The lowest BCUT2D eigenvalue weighted by Crippen LogP contribution is -2.59. The van der Waals surface area contributed by atoms with Gasteiger partial charge in [-0.15, -0.1) is 0 Å². The first-order valence-electron chi connectivity index (χ1n) is 6.16. The molecule has 1 rings (SSSR count). The van der Waals surface area contributed by atoms with Crippen LogP contribution >= 0.6 is 0 Å². The highest BCUT2D eigenvalue weighted by Gasteiger charge is 2.65. The van der Waals surface area contributed by atoms with E-state index in [0.717, 1.165) is 0 Å². The second-order valence-corrected chi connectivity index (χ2v) is 7.88. The Hall–Kier alpha value is -1.89. The molecule has 0 bridgehead atoms. The molecule has 3 atom stereocenters. The van der Waals surface area contributed by atoms with Gasteiger partial charge in [0.25, 0.3) is 0 Å². The SMILES string of the molecule is O=C1OC(CO)(S(=O)(=O)O)C(=O)OC(CO)(S(=O)(=O)O)C(=O)OC1CO. The predicted octanol–water partition coefficient (Wildman–Crippen LogP) is -4.86. The molecule has 5 N–H and O–H groups in total. The van der Waals surface area contributed by atoms with Crippen LogP contribution in [-0.2, 0) is 48.8 Å². The van der Waals surface area contributed by atoms with E-state index in [0.29, 0.717) is 0 Å². The molecule has 0 saturated carbocycles. The number of aliphatic hydroxyl groups excluding tert-OH is 3. The quantitative estimate of drug-likeness (QED) is 0.158. The van der Waals surface area contributed by atoms with E-state index >= 15 is 0 Å². The van der Waals surface area contributed by atoms with Crippen molar-refractivity contribution in [1.82, 2.24) is 0 Å². The summed E-state index contributed by atoms with van der Waals surface area (Å²) < 4.78 is 76.3. The highest BCUT2D eigenvalue weighted by atomic mass is 32.2. The number of carbonyl (C=O) groups excluding carboxylic acids is 3. The molecule has 1 aliphatic heterocycles. The van der Waals surface area contributed by atoms with Crippen LogP contribution in [0.4, 0.5) is 0 Å². The topological polar surface area (TPSA) is 248 Å². The Bertz CT molecular complexity index is 778. The number of esters is 3. The van der Waals surface area contributed by atoms with E-state index in [1.165, 1.54) is 0 Å². The van der Waals surface area contributed by atoms with Gasteiger partial charge >= 0.3 is 48.0 Å². The fourth-order valence-electron chi connectivity index (χ4n) is 1.59. The molecular weight excluding hydrogens is 412 g/mol. The summed E-state index contributed by atoms with van der Waals surface area (Å²) in [5.74, 6) is -6.90. The Morgan fingerprint density at radius 1 is 0.808 bits per heavy atom. The lowest BCUT2D eigenvalue weighted by molar-refractivity contribution is -0.184. The van der Waals surface area contributed by atoms with Gasteiger partial charge < -0.3 is 29.5 Å². The highest BCUT2D eigenvalue weighted by Crippen LogP contribution is 2.30. The third kappa shape index (κ3) is 3.37. The number of cyclic esters (lactones) is 3. The largest absolute Gasteiger partial charge is 0.444 e. The third-order valence-electron chi connectivity index (χ3n) is 3.07. The first kappa shape index (κ1) is 22.2. The predicted molar refractivity (Wildman–Crippen MR) is 71.9 cm³/mol. The average molecular weight is 424 g/mol. The van der Waals surface area contributed by atoms with Crippen molar-refractivity contribution in [3.63, 3.8) is 0 Å². The zero-order chi connectivity index (χ0) is 20.6. The van der Waals surface area contributed by atoms with E-state index in [-0.39, 0.29) is 0 Å². The molecule has 1 fully saturated rings. The summed E-state index contributed by atoms with van der Waals surface area (Å²) in [6, 6.07) is 0. The molecule has 0 aliphatic carbocycles. The standard InChI is InChI=1S/C9H12O15S2/c10-1-4-5(13)23-9(3-12,26(19,20)21)7(15)24-8(2-11,6(14)22-4)25(16,17)18/h4,10-12H,1-3H2,(H,16,17,18)(H,19,20,21). The lowest BCUT2D eigenvalue weighted by Gasteiger charge is -2.29. The van der Waals surface area contributed by atoms with Crippen LogP contribution in [0.1, 0.15) is 0 Å². The van der Waals surface area contributed by atoms with Crippen molar-refractivity contribution in [3.8, 4) is 0 Å².